The van der Waals surface area contributed by atoms with E-state index in [1.807, 2.05) is 18.3 Å². The van der Waals surface area contributed by atoms with Gasteiger partial charge in [-0.1, -0.05) is 5.16 Å². The van der Waals surface area contributed by atoms with Gasteiger partial charge >= 0.3 is 0 Å². The maximum Gasteiger partial charge on any atom is 0.150 e. The summed E-state index contributed by atoms with van der Waals surface area (Å²) >= 11 is 1.72. The van der Waals surface area contributed by atoms with Crippen molar-refractivity contribution in [3.63, 3.8) is 0 Å². The lowest BCUT2D eigenvalue weighted by molar-refractivity contribution is 0.366. The van der Waals surface area contributed by atoms with Gasteiger partial charge in [0.1, 0.15) is 5.76 Å². The van der Waals surface area contributed by atoms with Crippen molar-refractivity contribution in [3.05, 3.63) is 47.3 Å². The van der Waals surface area contributed by atoms with Crippen LogP contribution in [0.25, 0.3) is 10.2 Å². The van der Waals surface area contributed by atoms with E-state index in [4.69, 9.17) is 4.52 Å². The Bertz CT molecular complexity index is 633. The van der Waals surface area contributed by atoms with Gasteiger partial charge in [-0.3, -0.25) is 4.98 Å². The Morgan fingerprint density at radius 2 is 2.39 bits per heavy atom. The second-order valence-corrected chi connectivity index (χ2v) is 5.10. The molecule has 0 amide bonds. The lowest BCUT2D eigenvalue weighted by Crippen LogP contribution is -2.17. The Kier molecular flexibility index (Phi) is 3.08. The zero-order valence-electron chi connectivity index (χ0n) is 9.96. The quantitative estimate of drug-likeness (QED) is 0.782. The van der Waals surface area contributed by atoms with Crippen molar-refractivity contribution in [2.24, 2.45) is 0 Å². The molecule has 0 saturated heterocycles. The van der Waals surface area contributed by atoms with E-state index in [9.17, 15) is 0 Å². The first-order valence-corrected chi connectivity index (χ1v) is 6.67. The molecule has 0 aromatic carbocycles. The Labute approximate surface area is 109 Å². The van der Waals surface area contributed by atoms with Gasteiger partial charge in [0.15, 0.2) is 0 Å². The molecule has 0 saturated carbocycles. The van der Waals surface area contributed by atoms with E-state index in [-0.39, 0.29) is 6.04 Å². The van der Waals surface area contributed by atoms with Crippen molar-refractivity contribution in [2.45, 2.75) is 19.5 Å². The predicted octanol–water partition coefficient (Wildman–Crippen LogP) is 3.14. The zero-order chi connectivity index (χ0) is 12.4. The van der Waals surface area contributed by atoms with E-state index >= 15 is 0 Å². The average Bonchev–Trinajstić information content (AvgIpc) is 3.05. The first-order chi connectivity index (χ1) is 8.83. The van der Waals surface area contributed by atoms with Crippen LogP contribution in [0.4, 0.5) is 0 Å². The van der Waals surface area contributed by atoms with Gasteiger partial charge in [-0.25, -0.2) is 0 Å². The van der Waals surface area contributed by atoms with Gasteiger partial charge in [0.2, 0.25) is 0 Å². The number of nitrogens with one attached hydrogen (secondary N) is 1. The Hall–Kier alpha value is -1.72. The van der Waals surface area contributed by atoms with Crippen molar-refractivity contribution in [3.8, 4) is 0 Å². The molecule has 4 nitrogen and oxygen atoms in total. The molecule has 3 heterocycles. The fourth-order valence-electron chi connectivity index (χ4n) is 1.80. The molecule has 92 valence electrons. The predicted molar refractivity (Wildman–Crippen MR) is 71.4 cm³/mol. The van der Waals surface area contributed by atoms with Crippen LogP contribution in [-0.2, 0) is 6.54 Å². The normalized spacial score (nSPS) is 12.9. The van der Waals surface area contributed by atoms with Gasteiger partial charge in [0, 0.05) is 18.3 Å². The molecular weight excluding hydrogens is 246 g/mol. The van der Waals surface area contributed by atoms with Gasteiger partial charge in [0.25, 0.3) is 0 Å². The van der Waals surface area contributed by atoms with Crippen LogP contribution in [0.2, 0.25) is 0 Å². The van der Waals surface area contributed by atoms with Crippen LogP contribution in [-0.4, -0.2) is 10.1 Å². The third-order valence-electron chi connectivity index (χ3n) is 2.90. The molecule has 5 heteroatoms. The molecule has 0 fully saturated rings. The Morgan fingerprint density at radius 3 is 3.22 bits per heavy atom. The molecule has 3 aromatic rings. The molecule has 0 aliphatic rings. The van der Waals surface area contributed by atoms with Crippen LogP contribution < -0.4 is 5.32 Å². The van der Waals surface area contributed by atoms with Crippen LogP contribution in [0.15, 0.2) is 40.5 Å². The van der Waals surface area contributed by atoms with Crippen molar-refractivity contribution in [1.29, 1.82) is 0 Å². The molecule has 0 aliphatic carbocycles. The van der Waals surface area contributed by atoms with Crippen LogP contribution in [0.5, 0.6) is 0 Å². The van der Waals surface area contributed by atoms with Crippen LogP contribution >= 0.6 is 11.3 Å². The molecule has 0 bridgehead atoms. The monoisotopic (exact) mass is 259 g/mol. The van der Waals surface area contributed by atoms with Gasteiger partial charge in [-0.05, 0) is 30.0 Å². The van der Waals surface area contributed by atoms with Gasteiger partial charge in [-0.15, -0.1) is 11.3 Å². The smallest absolute Gasteiger partial charge is 0.150 e. The second kappa shape index (κ2) is 4.88. The highest BCUT2D eigenvalue weighted by atomic mass is 32.1. The highest BCUT2D eigenvalue weighted by Gasteiger charge is 2.08. The largest absolute Gasteiger partial charge is 0.360 e. The number of aromatic nitrogens is 2. The minimum Gasteiger partial charge on any atom is -0.360 e. The van der Waals surface area contributed by atoms with E-state index in [1.165, 1.54) is 10.3 Å². The first kappa shape index (κ1) is 11.4. The summed E-state index contributed by atoms with van der Waals surface area (Å²) in [5, 5.41) is 9.13. The molecule has 0 radical (unpaired) electrons. The van der Waals surface area contributed by atoms with Gasteiger partial charge < -0.3 is 9.84 Å². The minimum absolute atomic E-state index is 0.231. The van der Waals surface area contributed by atoms with E-state index in [2.05, 4.69) is 33.8 Å². The second-order valence-electron chi connectivity index (χ2n) is 4.15. The first-order valence-electron chi connectivity index (χ1n) is 5.79. The third-order valence-corrected chi connectivity index (χ3v) is 3.75. The molecule has 1 atom stereocenters. The van der Waals surface area contributed by atoms with Crippen molar-refractivity contribution in [2.75, 3.05) is 0 Å². The van der Waals surface area contributed by atoms with Gasteiger partial charge in [-0.2, -0.15) is 0 Å². The fourth-order valence-corrected chi connectivity index (χ4v) is 2.59. The Morgan fingerprint density at radius 1 is 1.44 bits per heavy atom. The Balaban J connectivity index is 1.72. The van der Waals surface area contributed by atoms with Crippen LogP contribution in [0, 0.1) is 0 Å². The van der Waals surface area contributed by atoms with E-state index < -0.39 is 0 Å². The number of thiophene rings is 1. The molecule has 18 heavy (non-hydrogen) atoms. The summed E-state index contributed by atoms with van der Waals surface area (Å²) in [5.41, 5.74) is 2.25. The van der Waals surface area contributed by atoms with E-state index in [1.54, 1.807) is 17.5 Å². The van der Waals surface area contributed by atoms with Crippen molar-refractivity contribution < 1.29 is 4.52 Å². The molecule has 3 rings (SSSR count). The summed E-state index contributed by atoms with van der Waals surface area (Å²) in [7, 11) is 0. The summed E-state index contributed by atoms with van der Waals surface area (Å²) in [6, 6.07) is 6.32. The number of fused-ring (bicyclic) bond motifs is 1. The lowest BCUT2D eigenvalue weighted by Gasteiger charge is -2.12. The third kappa shape index (κ3) is 2.27. The summed E-state index contributed by atoms with van der Waals surface area (Å²) in [6.45, 7) is 2.79. The van der Waals surface area contributed by atoms with E-state index in [0.29, 0.717) is 6.54 Å². The molecule has 1 N–H and O–H groups in total. The summed E-state index contributed by atoms with van der Waals surface area (Å²) in [6.07, 6.45) is 3.58. The lowest BCUT2D eigenvalue weighted by atomic mass is 10.1. The number of rotatable bonds is 4. The summed E-state index contributed by atoms with van der Waals surface area (Å²) in [4.78, 5) is 4.44. The topological polar surface area (TPSA) is 51.0 Å². The summed E-state index contributed by atoms with van der Waals surface area (Å²) < 4.78 is 6.27. The maximum atomic E-state index is 5.05. The van der Waals surface area contributed by atoms with Gasteiger partial charge in [0.05, 0.1) is 23.0 Å². The zero-order valence-corrected chi connectivity index (χ0v) is 10.8. The molecule has 3 aromatic heterocycles. The highest BCUT2D eigenvalue weighted by Crippen LogP contribution is 2.22. The van der Waals surface area contributed by atoms with Crippen LogP contribution in [0.1, 0.15) is 24.3 Å². The molecule has 0 aliphatic heterocycles. The SMILES string of the molecule is CC(NCc1ccno1)c1cnc2ccsc2c1. The molecule has 1 unspecified atom stereocenters. The standard InChI is InChI=1S/C13H13N3OS/c1-9(14-8-11-2-4-16-17-11)10-6-13-12(15-7-10)3-5-18-13/h2-7,9,14H,8H2,1H3. The number of pyridine rings is 1. The highest BCUT2D eigenvalue weighted by molar-refractivity contribution is 7.17. The molecule has 0 spiro atoms. The van der Waals surface area contributed by atoms with E-state index in [0.717, 1.165) is 11.3 Å². The van der Waals surface area contributed by atoms with Crippen molar-refractivity contribution >= 4 is 21.6 Å². The molecular formula is C13H13N3OS. The van der Waals surface area contributed by atoms with Crippen LogP contribution in [0.3, 0.4) is 0 Å². The maximum absolute atomic E-state index is 5.05. The average molecular weight is 259 g/mol. The summed E-state index contributed by atoms with van der Waals surface area (Å²) in [5.74, 6) is 0.840. The number of nitrogens with zero attached hydrogens (tertiary/aromatic N) is 2. The fraction of sp³-hybridized carbons (Fsp3) is 0.231. The number of hydrogen-bond donors (Lipinski definition) is 1. The van der Waals surface area contributed by atoms with Crippen molar-refractivity contribution in [1.82, 2.24) is 15.5 Å². The minimum atomic E-state index is 0.231. The number of hydrogen-bond acceptors (Lipinski definition) is 5.